The zero-order valence-electron chi connectivity index (χ0n) is 16.4. The molecule has 156 valence electrons. The maximum absolute atomic E-state index is 13.2. The van der Waals surface area contributed by atoms with Crippen molar-refractivity contribution in [3.05, 3.63) is 30.0 Å². The number of halogens is 2. The predicted molar refractivity (Wildman–Crippen MR) is 104 cm³/mol. The smallest absolute Gasteiger partial charge is 0.387 e. The third kappa shape index (κ3) is 3.19. The molecule has 4 bridgehead atoms. The summed E-state index contributed by atoms with van der Waals surface area (Å²) in [6, 6.07) is 5.27. The summed E-state index contributed by atoms with van der Waals surface area (Å²) in [4.78, 5) is 18.4. The number of nitrogens with one attached hydrogen (secondary N) is 1. The van der Waals surface area contributed by atoms with Crippen LogP contribution in [0.25, 0.3) is 10.9 Å². The lowest BCUT2D eigenvalue weighted by Gasteiger charge is -2.59. The topological polar surface area (TPSA) is 65.6 Å². The van der Waals surface area contributed by atoms with Gasteiger partial charge >= 0.3 is 6.61 Å². The Kier molecular flexibility index (Phi) is 4.35. The van der Waals surface area contributed by atoms with E-state index in [4.69, 9.17) is 4.74 Å². The second-order valence-corrected chi connectivity index (χ2v) is 9.19. The number of fused-ring (bicyclic) bond motifs is 1. The largest absolute Gasteiger partial charge is 0.434 e. The number of amides is 1. The highest BCUT2D eigenvalue weighted by Gasteiger charge is 2.54. The van der Waals surface area contributed by atoms with E-state index in [9.17, 15) is 18.7 Å². The van der Waals surface area contributed by atoms with Gasteiger partial charge in [0.15, 0.2) is 0 Å². The zero-order valence-corrected chi connectivity index (χ0v) is 16.4. The number of ether oxygens (including phenoxy) is 1. The minimum atomic E-state index is -2.90. The molecule has 2 aromatic rings. The standard InChI is InChI=1S/C22H26F2N2O3/c1-12(16-11-25-17-3-2-4-18(20(16)17)29-21(23)24)5-19(27)26-14-6-13-7-15(26)10-22(28,8-13)9-14/h2-4,11-15,21,25,28H,5-10H2,1H3. The van der Waals surface area contributed by atoms with Gasteiger partial charge in [-0.2, -0.15) is 8.78 Å². The normalized spacial score (nSPS) is 31.6. The fourth-order valence-corrected chi connectivity index (χ4v) is 6.23. The number of nitrogens with zero attached hydrogens (tertiary/aromatic N) is 1. The lowest BCUT2D eigenvalue weighted by Crippen LogP contribution is -2.65. The van der Waals surface area contributed by atoms with Gasteiger partial charge in [-0.1, -0.05) is 13.0 Å². The number of carbonyl (C=O) groups is 1. The number of piperidine rings is 2. The Morgan fingerprint density at radius 1 is 1.31 bits per heavy atom. The molecule has 2 saturated carbocycles. The van der Waals surface area contributed by atoms with Gasteiger partial charge in [0, 0.05) is 35.6 Å². The lowest BCUT2D eigenvalue weighted by atomic mass is 9.61. The van der Waals surface area contributed by atoms with Crippen LogP contribution in [0.5, 0.6) is 5.75 Å². The first-order valence-electron chi connectivity index (χ1n) is 10.4. The van der Waals surface area contributed by atoms with E-state index < -0.39 is 12.2 Å². The summed E-state index contributed by atoms with van der Waals surface area (Å²) in [6.45, 7) is -0.949. The third-order valence-corrected chi connectivity index (χ3v) is 7.11. The van der Waals surface area contributed by atoms with Crippen molar-refractivity contribution in [3.8, 4) is 5.75 Å². The molecule has 4 fully saturated rings. The van der Waals surface area contributed by atoms with E-state index in [-0.39, 0.29) is 29.7 Å². The van der Waals surface area contributed by atoms with Crippen molar-refractivity contribution in [2.45, 2.75) is 75.7 Å². The van der Waals surface area contributed by atoms with Crippen LogP contribution in [0.4, 0.5) is 8.78 Å². The van der Waals surface area contributed by atoms with Gasteiger partial charge in [0.2, 0.25) is 5.91 Å². The second-order valence-electron chi connectivity index (χ2n) is 9.19. The maximum Gasteiger partial charge on any atom is 0.387 e. The number of aromatic amines is 1. The highest BCUT2D eigenvalue weighted by atomic mass is 19.3. The van der Waals surface area contributed by atoms with Crippen molar-refractivity contribution < 1.29 is 23.4 Å². The van der Waals surface area contributed by atoms with Gasteiger partial charge < -0.3 is 19.7 Å². The number of aliphatic hydroxyl groups is 1. The molecule has 2 aliphatic carbocycles. The highest BCUT2D eigenvalue weighted by Crippen LogP contribution is 2.51. The first-order valence-corrected chi connectivity index (χ1v) is 10.4. The Hall–Kier alpha value is -2.15. The molecular formula is C22H26F2N2O3. The molecule has 5 nitrogen and oxygen atoms in total. The maximum atomic E-state index is 13.2. The van der Waals surface area contributed by atoms with Crippen molar-refractivity contribution in [3.63, 3.8) is 0 Å². The molecule has 3 atom stereocenters. The fraction of sp³-hybridized carbons (Fsp3) is 0.591. The average Bonchev–Trinajstić information content (AvgIpc) is 3.04. The van der Waals surface area contributed by atoms with Gasteiger partial charge in [0.25, 0.3) is 0 Å². The van der Waals surface area contributed by atoms with E-state index in [0.717, 1.165) is 30.3 Å². The second kappa shape index (κ2) is 6.69. The van der Waals surface area contributed by atoms with E-state index in [1.54, 1.807) is 12.3 Å². The van der Waals surface area contributed by atoms with Crippen molar-refractivity contribution in [1.29, 1.82) is 0 Å². The van der Waals surface area contributed by atoms with E-state index in [0.29, 0.717) is 30.6 Å². The Bertz CT molecular complexity index is 927. The minimum Gasteiger partial charge on any atom is -0.434 e. The van der Waals surface area contributed by atoms with Gasteiger partial charge in [-0.05, 0) is 61.6 Å². The Labute approximate surface area is 168 Å². The number of hydrogen-bond donors (Lipinski definition) is 2. The molecule has 4 aliphatic rings. The van der Waals surface area contributed by atoms with Crippen LogP contribution in [0.3, 0.4) is 0 Å². The number of aromatic nitrogens is 1. The van der Waals surface area contributed by atoms with Crippen molar-refractivity contribution >= 4 is 16.8 Å². The number of rotatable bonds is 5. The van der Waals surface area contributed by atoms with Crippen LogP contribution in [-0.4, -0.2) is 45.2 Å². The van der Waals surface area contributed by atoms with Gasteiger partial charge in [-0.15, -0.1) is 0 Å². The van der Waals surface area contributed by atoms with E-state index in [2.05, 4.69) is 4.98 Å². The van der Waals surface area contributed by atoms with Gasteiger partial charge in [0.05, 0.1) is 5.60 Å². The van der Waals surface area contributed by atoms with E-state index in [1.165, 1.54) is 6.07 Å². The van der Waals surface area contributed by atoms with Gasteiger partial charge in [-0.3, -0.25) is 4.79 Å². The van der Waals surface area contributed by atoms with Gasteiger partial charge in [-0.25, -0.2) is 0 Å². The molecular weight excluding hydrogens is 378 g/mol. The number of carbonyl (C=O) groups excluding carboxylic acids is 1. The van der Waals surface area contributed by atoms with Gasteiger partial charge in [0.1, 0.15) is 5.75 Å². The zero-order chi connectivity index (χ0) is 20.3. The summed E-state index contributed by atoms with van der Waals surface area (Å²) in [5.41, 5.74) is 0.944. The Morgan fingerprint density at radius 2 is 2.03 bits per heavy atom. The molecule has 1 aromatic heterocycles. The Morgan fingerprint density at radius 3 is 2.69 bits per heavy atom. The number of benzene rings is 1. The summed E-state index contributed by atoms with van der Waals surface area (Å²) >= 11 is 0. The van der Waals surface area contributed by atoms with Crippen LogP contribution in [0.15, 0.2) is 24.4 Å². The lowest BCUT2D eigenvalue weighted by molar-refractivity contribution is -0.174. The molecule has 1 aromatic carbocycles. The average molecular weight is 404 g/mol. The molecule has 0 radical (unpaired) electrons. The number of H-pyrrole nitrogens is 1. The minimum absolute atomic E-state index is 0.0940. The van der Waals surface area contributed by atoms with E-state index >= 15 is 0 Å². The Balaban J connectivity index is 1.37. The first-order chi connectivity index (χ1) is 13.8. The molecule has 2 aliphatic heterocycles. The number of alkyl halides is 2. The first kappa shape index (κ1) is 18.9. The molecule has 7 heteroatoms. The molecule has 2 saturated heterocycles. The van der Waals surface area contributed by atoms with Crippen LogP contribution in [0.1, 0.15) is 56.9 Å². The van der Waals surface area contributed by atoms with Crippen LogP contribution < -0.4 is 4.74 Å². The monoisotopic (exact) mass is 404 g/mol. The molecule has 1 amide bonds. The predicted octanol–water partition coefficient (Wildman–Crippen LogP) is 4.17. The quantitative estimate of drug-likeness (QED) is 0.786. The summed E-state index contributed by atoms with van der Waals surface area (Å²) in [6.07, 6.45) is 6.30. The summed E-state index contributed by atoms with van der Waals surface area (Å²) in [7, 11) is 0. The SMILES string of the molecule is CC(CC(=O)N1C2CC3CC1CC(O)(C3)C2)c1c[nH]c2cccc(OC(F)F)c12. The van der Waals surface area contributed by atoms with Crippen molar-refractivity contribution in [1.82, 2.24) is 9.88 Å². The highest BCUT2D eigenvalue weighted by molar-refractivity contribution is 5.90. The fourth-order valence-electron chi connectivity index (χ4n) is 6.23. The molecule has 0 spiro atoms. The van der Waals surface area contributed by atoms with Crippen LogP contribution in [0.2, 0.25) is 0 Å². The molecule has 3 unspecified atom stereocenters. The van der Waals surface area contributed by atoms with Crippen LogP contribution in [-0.2, 0) is 4.79 Å². The molecule has 6 rings (SSSR count). The summed E-state index contributed by atoms with van der Waals surface area (Å²) < 4.78 is 30.4. The molecule has 2 N–H and O–H groups in total. The summed E-state index contributed by atoms with van der Waals surface area (Å²) in [5.74, 6) is 0.613. The van der Waals surface area contributed by atoms with Crippen LogP contribution >= 0.6 is 0 Å². The number of hydrogen-bond acceptors (Lipinski definition) is 3. The summed E-state index contributed by atoms with van der Waals surface area (Å²) in [5, 5.41) is 11.4. The van der Waals surface area contributed by atoms with E-state index in [1.807, 2.05) is 17.9 Å². The van der Waals surface area contributed by atoms with Crippen molar-refractivity contribution in [2.75, 3.05) is 0 Å². The third-order valence-electron chi connectivity index (χ3n) is 7.11. The molecule has 29 heavy (non-hydrogen) atoms. The van der Waals surface area contributed by atoms with Crippen LogP contribution in [0, 0.1) is 5.92 Å². The molecule has 3 heterocycles. The van der Waals surface area contributed by atoms with Crippen molar-refractivity contribution in [2.24, 2.45) is 5.92 Å².